The molecule has 24 rings (SSSR count). The number of alkyl halides is 6. The number of fused-ring (bicyclic) bond motifs is 8. The van der Waals surface area contributed by atoms with Crippen LogP contribution in [0.25, 0.3) is 88.3 Å². The molecule has 0 bridgehead atoms. The topological polar surface area (TPSA) is 612 Å². The van der Waals surface area contributed by atoms with Crippen molar-refractivity contribution in [2.75, 3.05) is 0 Å². The van der Waals surface area contributed by atoms with Gasteiger partial charge in [-0.3, -0.25) is 75.8 Å². The zero-order valence-corrected chi connectivity index (χ0v) is 78.8. The van der Waals surface area contributed by atoms with Crippen LogP contribution in [-0.2, 0) is 64.7 Å². The van der Waals surface area contributed by atoms with Crippen molar-refractivity contribution in [3.63, 3.8) is 0 Å². The second kappa shape index (κ2) is 45.5. The highest BCUT2D eigenvalue weighted by Gasteiger charge is 2.34. The van der Waals surface area contributed by atoms with Gasteiger partial charge in [-0.05, 0) is 118 Å². The quantitative estimate of drug-likeness (QED) is 0.0418. The molecule has 59 heteroatoms. The van der Waals surface area contributed by atoms with Crippen molar-refractivity contribution < 1.29 is 35.1 Å². The minimum atomic E-state index is -4.44. The molecule has 8 aromatic carbocycles. The number of aryl methyl sites for hydroxylation is 1. The zero-order valence-electron chi connectivity index (χ0n) is 76.5. The molecular weight excluding hydrogens is 2040 g/mol. The van der Waals surface area contributed by atoms with Crippen LogP contribution in [-0.4, -0.2) is 202 Å². The molecule has 150 heavy (non-hydrogen) atoms. The maximum absolute atomic E-state index is 13.5. The van der Waals surface area contributed by atoms with Gasteiger partial charge >= 0.3 is 12.4 Å². The Balaban J connectivity index is 0.000000117. The highest BCUT2D eigenvalue weighted by Crippen LogP contribution is 2.33. The molecule has 0 spiro atoms. The first-order valence-corrected chi connectivity index (χ1v) is 44.7. The van der Waals surface area contributed by atoms with E-state index in [0.29, 0.717) is 119 Å². The van der Waals surface area contributed by atoms with E-state index in [1.54, 1.807) is 96.9 Å². The number of aromatic amines is 8. The molecule has 0 saturated carbocycles. The van der Waals surface area contributed by atoms with E-state index in [0.717, 1.165) is 46.0 Å². The summed E-state index contributed by atoms with van der Waals surface area (Å²) < 4.78 is 115. The van der Waals surface area contributed by atoms with E-state index in [1.807, 2.05) is 97.9 Å². The molecule has 8 N–H and O–H groups in total. The van der Waals surface area contributed by atoms with Gasteiger partial charge in [-0.1, -0.05) is 204 Å². The molecule has 0 atom stereocenters. The van der Waals surface area contributed by atoms with Crippen LogP contribution < -0.4 is 44.5 Å². The number of hydrogen-bond donors (Lipinski definition) is 8. The molecule has 0 aliphatic heterocycles. The minimum absolute atomic E-state index is 0.0576. The van der Waals surface area contributed by atoms with Crippen molar-refractivity contribution in [1.29, 1.82) is 0 Å². The smallest absolute Gasteiger partial charge is 0.267 e. The first-order valence-electron chi connectivity index (χ1n) is 43.6. The van der Waals surface area contributed by atoms with Crippen molar-refractivity contribution in [1.82, 2.24) is 202 Å². The van der Waals surface area contributed by atoms with E-state index in [4.69, 9.17) is 34.8 Å². The predicted octanol–water partition coefficient (Wildman–Crippen LogP) is 9.09. The number of halogens is 11. The lowest BCUT2D eigenvalue weighted by molar-refractivity contribution is -0.138. The zero-order chi connectivity index (χ0) is 105. The van der Waals surface area contributed by atoms with Crippen LogP contribution in [0, 0.1) is 18.6 Å². The second-order valence-corrected chi connectivity index (χ2v) is 33.3. The summed E-state index contributed by atoms with van der Waals surface area (Å²) >= 11 is 17.8. The molecule has 756 valence electrons. The molecule has 0 amide bonds. The minimum Gasteiger partial charge on any atom is -0.267 e. The third kappa shape index (κ3) is 25.7. The van der Waals surface area contributed by atoms with Gasteiger partial charge in [0.2, 0.25) is 45.2 Å². The summed E-state index contributed by atoms with van der Waals surface area (Å²) in [5.41, 5.74) is 5.07. The molecule has 16 heterocycles. The number of rotatable bonds is 16. The van der Waals surface area contributed by atoms with Gasteiger partial charge in [0.15, 0.2) is 0 Å². The van der Waals surface area contributed by atoms with E-state index in [9.17, 15) is 73.5 Å². The molecule has 0 unspecified atom stereocenters. The van der Waals surface area contributed by atoms with Crippen molar-refractivity contribution >= 4 is 123 Å². The van der Waals surface area contributed by atoms with Gasteiger partial charge in [0, 0.05) is 70.2 Å². The molecule has 24 aromatic rings. The lowest BCUT2D eigenvalue weighted by atomic mass is 10.1. The maximum atomic E-state index is 13.5. The summed E-state index contributed by atoms with van der Waals surface area (Å²) in [5.74, 6) is -0.594. The van der Waals surface area contributed by atoms with Crippen LogP contribution in [0.3, 0.4) is 0 Å². The van der Waals surface area contributed by atoms with Crippen LogP contribution in [0.2, 0.25) is 15.1 Å². The average molecular weight is 2110 g/mol. The van der Waals surface area contributed by atoms with E-state index in [-0.39, 0.29) is 97.9 Å². The molecule has 0 fully saturated rings. The van der Waals surface area contributed by atoms with Crippen LogP contribution in [0.4, 0.5) is 35.1 Å². The van der Waals surface area contributed by atoms with E-state index < -0.39 is 34.6 Å². The fraction of sp³-hybridized carbons (Fsp3) is 0.121. The first kappa shape index (κ1) is 102. The Morgan fingerprint density at radius 2 is 0.540 bits per heavy atom. The van der Waals surface area contributed by atoms with Crippen LogP contribution in [0.5, 0.6) is 0 Å². The highest BCUT2D eigenvalue weighted by atomic mass is 35.5. The lowest BCUT2D eigenvalue weighted by Crippen LogP contribution is -2.11. The number of hydrogen-bond acceptors (Lipinski definition) is 32. The molecule has 0 saturated heterocycles. The Bertz CT molecular complexity index is 9040. The largest absolute Gasteiger partial charge is 0.416 e. The Hall–Kier alpha value is -19.7. The van der Waals surface area contributed by atoms with Gasteiger partial charge in [0.05, 0.1) is 63.5 Å². The number of aromatic nitrogens is 40. The molecule has 16 aromatic heterocycles. The number of nitrogens with zero attached hydrogens (tertiary/aromatic N) is 32. The summed E-state index contributed by atoms with van der Waals surface area (Å²) in [6.45, 7) is 4.87. The number of benzene rings is 8. The monoisotopic (exact) mass is 2100 g/mol. The van der Waals surface area contributed by atoms with Gasteiger partial charge in [0.1, 0.15) is 54.7 Å². The summed E-state index contributed by atoms with van der Waals surface area (Å²) in [6.07, 6.45) is 3.65. The Morgan fingerprint density at radius 1 is 0.260 bits per heavy atom. The lowest BCUT2D eigenvalue weighted by Gasteiger charge is -2.12. The highest BCUT2D eigenvalue weighted by molar-refractivity contribution is 6.31. The molecule has 0 aliphatic rings. The fourth-order valence-electron chi connectivity index (χ4n) is 14.3. The average Bonchev–Trinajstić information content (AvgIpc) is 1.77. The Labute approximate surface area is 841 Å². The third-order valence-corrected chi connectivity index (χ3v) is 22.3. The second-order valence-electron chi connectivity index (χ2n) is 32.0. The maximum Gasteiger partial charge on any atom is 0.416 e. The normalized spacial score (nSPS) is 11.2. The Kier molecular flexibility index (Phi) is 30.9. The summed E-state index contributed by atoms with van der Waals surface area (Å²) in [5, 5.41) is 113. The van der Waals surface area contributed by atoms with Gasteiger partial charge < -0.3 is 0 Å². The first-order chi connectivity index (χ1) is 72.3. The number of nitrogens with one attached hydrogen (secondary N) is 8. The predicted molar refractivity (Wildman–Crippen MR) is 522 cm³/mol. The fourth-order valence-corrected chi connectivity index (χ4v) is 14.9. The van der Waals surface area contributed by atoms with Crippen LogP contribution in [0.15, 0.2) is 282 Å². The SMILES string of the molecule is Cc1ccccc1Cn1cc2c(=O)[nH]nnc2n1.O=c1[nH]nnc2nn(Cc3ccc(Cl)cc3)cc12.O=c1[nH]nnc2nn(Cc3ccc(F)cc3)cc12.O=c1[nH]nnc2nn(Cc3cccc(C(F)(F)F)c3)cc12.O=c1[nH]nnc2nn(Cc3cccc(Cl)c3)cc12.O=c1[nH]nnc2nn(Cc3ccccc3C(F)(F)F)cc12.O=c1[nH]nnc2nn(Cc3ccccc3Cl)cc12.O=c1[nH]nnc2nn(Cc3ccccc3F)cc12. The van der Waals surface area contributed by atoms with E-state index >= 15 is 0 Å². The Morgan fingerprint density at radius 3 is 0.873 bits per heavy atom. The van der Waals surface area contributed by atoms with Gasteiger partial charge in [0.25, 0.3) is 44.5 Å². The number of H-pyrrole nitrogens is 8. The molecular formula is C91H67Cl3F8N40O8. The van der Waals surface area contributed by atoms with E-state index in [2.05, 4.69) is 164 Å². The van der Waals surface area contributed by atoms with Gasteiger partial charge in [-0.25, -0.2) is 49.6 Å². The molecule has 0 aliphatic carbocycles. The van der Waals surface area contributed by atoms with Crippen LogP contribution >= 0.6 is 34.8 Å². The molecule has 48 nitrogen and oxygen atoms in total. The summed E-state index contributed by atoms with van der Waals surface area (Å²) in [4.78, 5) is 91.7. The molecule has 0 radical (unpaired) electrons. The van der Waals surface area contributed by atoms with Crippen molar-refractivity contribution in [3.8, 4) is 0 Å². The van der Waals surface area contributed by atoms with E-state index in [1.165, 1.54) is 80.7 Å². The van der Waals surface area contributed by atoms with Crippen molar-refractivity contribution in [3.05, 3.63) is 414 Å². The standard InChI is InChI=1S/2C12H8F3N5O.C12H11N5O.3C11H8ClN5O.2C11H8FN5O/c13-12(14,15)8-3-1-2-7(4-8)5-20-6-9-10(18-20)16-19-17-11(9)21;13-12(14,15)9-4-2-1-3-7(9)5-20-6-8-10(18-20)16-19-17-11(8)21;1-8-4-2-3-5-9(8)6-17-7-10-11(15-17)13-16-14-12(10)18;12-8-3-1-7(2-4-8)5-17-6-9-10(15-17)13-16-14-11(9)18;12-8-3-1-2-7(4-8)5-17-6-9-10(15-17)13-16-14-11(9)18;12-9-4-2-1-3-7(9)5-17-6-8-10(15-17)13-16-14-11(8)18;12-8-3-1-7(2-4-8)5-17-6-9-10(15-17)13-16-14-11(9)18;12-9-4-2-1-3-7(9)5-17-6-8-10(15-17)13-16-14-11(8)18/h2*1-4,6H,5H2,(H,16,17,18,21);2-5,7H,6H2,1H3,(H,13,14,15,18);5*1-4,6H,5H2,(H,13,14,15,18). The van der Waals surface area contributed by atoms with Crippen LogP contribution in [0.1, 0.15) is 61.2 Å². The third-order valence-electron chi connectivity index (χ3n) is 21.4. The van der Waals surface area contributed by atoms with Gasteiger partial charge in [-0.15, -0.1) is 81.6 Å². The summed E-state index contributed by atoms with van der Waals surface area (Å²) in [7, 11) is 0. The van der Waals surface area contributed by atoms with Crippen molar-refractivity contribution in [2.24, 2.45) is 0 Å². The van der Waals surface area contributed by atoms with Crippen molar-refractivity contribution in [2.45, 2.75) is 71.6 Å². The van der Waals surface area contributed by atoms with Gasteiger partial charge in [-0.2, -0.15) is 26.3 Å². The summed E-state index contributed by atoms with van der Waals surface area (Å²) in [6, 6.07) is 53.1.